The monoisotopic (exact) mass is 461 g/mol. The van der Waals surface area contributed by atoms with Gasteiger partial charge in [0.2, 0.25) is 10.0 Å². The van der Waals surface area contributed by atoms with Gasteiger partial charge in [-0.1, -0.05) is 24.3 Å². The van der Waals surface area contributed by atoms with Crippen LogP contribution in [0.25, 0.3) is 0 Å². The normalized spacial score (nSPS) is 15.7. The van der Waals surface area contributed by atoms with Gasteiger partial charge in [-0.25, -0.2) is 8.42 Å². The third-order valence-electron chi connectivity index (χ3n) is 5.45. The molecule has 32 heavy (non-hydrogen) atoms. The Balaban J connectivity index is 1.54. The van der Waals surface area contributed by atoms with Gasteiger partial charge in [0.05, 0.1) is 25.2 Å². The van der Waals surface area contributed by atoms with Gasteiger partial charge in [-0.15, -0.1) is 0 Å². The Morgan fingerprint density at radius 2 is 1.75 bits per heavy atom. The molecular weight excluding hydrogens is 430 g/mol. The molecule has 1 N–H and O–H groups in total. The van der Waals surface area contributed by atoms with Gasteiger partial charge in [0, 0.05) is 33.2 Å². The fourth-order valence-corrected chi connectivity index (χ4v) is 3.90. The number of benzene rings is 2. The van der Waals surface area contributed by atoms with E-state index in [2.05, 4.69) is 16.3 Å². The average molecular weight is 462 g/mol. The van der Waals surface area contributed by atoms with Crippen LogP contribution in [0.4, 0.5) is 5.69 Å². The van der Waals surface area contributed by atoms with E-state index in [9.17, 15) is 13.2 Å². The Labute approximate surface area is 190 Å². The summed E-state index contributed by atoms with van der Waals surface area (Å²) in [5, 5.41) is 2.95. The van der Waals surface area contributed by atoms with Gasteiger partial charge >= 0.3 is 0 Å². The Kier molecular flexibility index (Phi) is 8.11. The first-order valence-corrected chi connectivity index (χ1v) is 12.4. The number of anilines is 1. The molecule has 1 fully saturated rings. The summed E-state index contributed by atoms with van der Waals surface area (Å²) in [6, 6.07) is 14.7. The molecule has 2 aromatic rings. The maximum absolute atomic E-state index is 12.6. The molecule has 0 spiro atoms. The highest BCUT2D eigenvalue weighted by Gasteiger charge is 2.17. The molecule has 1 atom stereocenters. The minimum absolute atomic E-state index is 0.219. The lowest BCUT2D eigenvalue weighted by Gasteiger charge is -2.27. The first kappa shape index (κ1) is 24.0. The smallest absolute Gasteiger partial charge is 0.261 e. The number of sulfonamides is 1. The van der Waals surface area contributed by atoms with E-state index in [-0.39, 0.29) is 5.91 Å². The molecule has 2 aromatic carbocycles. The zero-order valence-corrected chi connectivity index (χ0v) is 19.6. The summed E-state index contributed by atoms with van der Waals surface area (Å²) in [6.07, 6.45) is 0.447. The van der Waals surface area contributed by atoms with Crippen molar-refractivity contribution in [1.82, 2.24) is 10.2 Å². The summed E-state index contributed by atoms with van der Waals surface area (Å²) in [4.78, 5) is 14.9. The van der Waals surface area contributed by atoms with Crippen LogP contribution >= 0.6 is 0 Å². The van der Waals surface area contributed by atoms with Crippen LogP contribution < -0.4 is 14.4 Å². The Hall–Kier alpha value is -2.62. The lowest BCUT2D eigenvalue weighted by Crippen LogP contribution is -2.37. The third kappa shape index (κ3) is 6.69. The van der Waals surface area contributed by atoms with Gasteiger partial charge in [-0.3, -0.25) is 14.0 Å². The fraction of sp³-hybridized carbons (Fsp3) is 0.435. The van der Waals surface area contributed by atoms with Gasteiger partial charge in [0.25, 0.3) is 5.91 Å². The number of ether oxygens (including phenoxy) is 2. The molecule has 1 heterocycles. The number of carbonyl (C=O) groups is 1. The van der Waals surface area contributed by atoms with Crippen molar-refractivity contribution in [2.24, 2.45) is 0 Å². The minimum Gasteiger partial charge on any atom is -0.481 e. The number of nitrogens with one attached hydrogen (secondary N) is 1. The van der Waals surface area contributed by atoms with Crippen LogP contribution in [0.15, 0.2) is 48.5 Å². The molecule has 0 aliphatic carbocycles. The molecule has 0 unspecified atom stereocenters. The zero-order chi connectivity index (χ0) is 23.1. The third-order valence-corrected chi connectivity index (χ3v) is 6.65. The molecule has 174 valence electrons. The van der Waals surface area contributed by atoms with E-state index in [0.29, 0.717) is 18.0 Å². The van der Waals surface area contributed by atoms with Crippen LogP contribution in [0.2, 0.25) is 0 Å². The summed E-state index contributed by atoms with van der Waals surface area (Å²) in [5.74, 6) is 0.273. The van der Waals surface area contributed by atoms with Crippen LogP contribution in [0.3, 0.4) is 0 Å². The van der Waals surface area contributed by atoms with E-state index < -0.39 is 16.1 Å². The molecule has 0 bridgehead atoms. The van der Waals surface area contributed by atoms with E-state index in [1.165, 1.54) is 16.9 Å². The minimum atomic E-state index is -3.33. The first-order valence-electron chi connectivity index (χ1n) is 10.6. The van der Waals surface area contributed by atoms with E-state index in [1.54, 1.807) is 31.2 Å². The van der Waals surface area contributed by atoms with E-state index in [0.717, 1.165) is 44.7 Å². The fourth-order valence-electron chi connectivity index (χ4n) is 3.39. The van der Waals surface area contributed by atoms with Crippen molar-refractivity contribution in [2.75, 3.05) is 43.9 Å². The highest BCUT2D eigenvalue weighted by atomic mass is 32.2. The molecule has 1 aliphatic heterocycles. The highest BCUT2D eigenvalue weighted by Crippen LogP contribution is 2.21. The van der Waals surface area contributed by atoms with Crippen molar-refractivity contribution < 1.29 is 22.7 Å². The number of amides is 1. The van der Waals surface area contributed by atoms with Crippen molar-refractivity contribution in [3.8, 4) is 5.75 Å². The Morgan fingerprint density at radius 3 is 2.38 bits per heavy atom. The Morgan fingerprint density at radius 1 is 1.12 bits per heavy atom. The van der Waals surface area contributed by atoms with Gasteiger partial charge in [0.15, 0.2) is 6.10 Å². The molecule has 1 saturated heterocycles. The number of rotatable bonds is 9. The van der Waals surface area contributed by atoms with Crippen LogP contribution in [0, 0.1) is 0 Å². The van der Waals surface area contributed by atoms with Crippen LogP contribution in [0.5, 0.6) is 5.75 Å². The molecule has 8 nitrogen and oxygen atoms in total. The van der Waals surface area contributed by atoms with Crippen LogP contribution in [-0.2, 0) is 32.6 Å². The molecule has 1 aliphatic rings. The molecule has 0 radical (unpaired) electrons. The van der Waals surface area contributed by atoms with Crippen LogP contribution in [-0.4, -0.2) is 64.9 Å². The van der Waals surface area contributed by atoms with Gasteiger partial charge < -0.3 is 14.8 Å². The number of hydrogen-bond donors (Lipinski definition) is 1. The molecule has 0 saturated carbocycles. The predicted molar refractivity (Wildman–Crippen MR) is 124 cm³/mol. The van der Waals surface area contributed by atoms with Crippen molar-refractivity contribution in [2.45, 2.75) is 26.1 Å². The standard InChI is InChI=1S/C23H31N3O5S/c1-18(31-22-10-8-21(9-11-22)25(2)32(3,28)29)23(27)24-16-19-6-4-5-7-20(19)17-26-12-14-30-15-13-26/h4-11,18H,12-17H2,1-3H3,(H,24,27)/t18-/m0/s1. The number of carbonyl (C=O) groups excluding carboxylic acids is 1. The summed E-state index contributed by atoms with van der Waals surface area (Å²) in [7, 11) is -1.85. The van der Waals surface area contributed by atoms with Crippen molar-refractivity contribution in [1.29, 1.82) is 0 Å². The summed E-state index contributed by atoms with van der Waals surface area (Å²) < 4.78 is 35.6. The van der Waals surface area contributed by atoms with Crippen molar-refractivity contribution in [3.05, 3.63) is 59.7 Å². The zero-order valence-electron chi connectivity index (χ0n) is 18.8. The lowest BCUT2D eigenvalue weighted by atomic mass is 10.1. The summed E-state index contributed by atoms with van der Waals surface area (Å²) in [6.45, 7) is 6.25. The predicted octanol–water partition coefficient (Wildman–Crippen LogP) is 2.00. The molecule has 1 amide bonds. The van der Waals surface area contributed by atoms with Crippen LogP contribution in [0.1, 0.15) is 18.1 Å². The topological polar surface area (TPSA) is 88.2 Å². The molecular formula is C23H31N3O5S. The highest BCUT2D eigenvalue weighted by molar-refractivity contribution is 7.92. The quantitative estimate of drug-likeness (QED) is 0.615. The number of hydrogen-bond acceptors (Lipinski definition) is 6. The second kappa shape index (κ2) is 10.8. The second-order valence-electron chi connectivity index (χ2n) is 7.86. The summed E-state index contributed by atoms with van der Waals surface area (Å²) >= 11 is 0. The largest absolute Gasteiger partial charge is 0.481 e. The van der Waals surface area contributed by atoms with Gasteiger partial charge in [-0.2, -0.15) is 0 Å². The average Bonchev–Trinajstić information content (AvgIpc) is 2.78. The first-order chi connectivity index (χ1) is 15.2. The van der Waals surface area contributed by atoms with Gasteiger partial charge in [0.1, 0.15) is 5.75 Å². The SMILES string of the molecule is C[C@H](Oc1ccc(N(C)S(C)(=O)=O)cc1)C(=O)NCc1ccccc1CN1CCOCC1. The van der Waals surface area contributed by atoms with E-state index in [4.69, 9.17) is 9.47 Å². The summed E-state index contributed by atoms with van der Waals surface area (Å²) in [5.41, 5.74) is 2.79. The molecule has 0 aromatic heterocycles. The molecule has 3 rings (SSSR count). The van der Waals surface area contributed by atoms with Gasteiger partial charge in [-0.05, 0) is 42.3 Å². The number of nitrogens with zero attached hydrogens (tertiary/aromatic N) is 2. The molecule has 9 heteroatoms. The lowest BCUT2D eigenvalue weighted by molar-refractivity contribution is -0.127. The maximum atomic E-state index is 12.6. The van der Waals surface area contributed by atoms with E-state index in [1.807, 2.05) is 18.2 Å². The van der Waals surface area contributed by atoms with Crippen molar-refractivity contribution >= 4 is 21.6 Å². The maximum Gasteiger partial charge on any atom is 0.261 e. The second-order valence-corrected chi connectivity index (χ2v) is 9.87. The number of morpholine rings is 1. The van der Waals surface area contributed by atoms with Crippen molar-refractivity contribution in [3.63, 3.8) is 0 Å². The van der Waals surface area contributed by atoms with E-state index >= 15 is 0 Å². The Bertz CT molecular complexity index is 1000.